The van der Waals surface area contributed by atoms with E-state index < -0.39 is 0 Å². The fourth-order valence-electron chi connectivity index (χ4n) is 1.81. The normalized spacial score (nSPS) is 11.2. The van der Waals surface area contributed by atoms with Crippen molar-refractivity contribution in [3.05, 3.63) is 12.7 Å². The maximum Gasteiger partial charge on any atom is 0.260 e. The van der Waals surface area contributed by atoms with Crippen LogP contribution in [0.4, 0.5) is 0 Å². The van der Waals surface area contributed by atoms with Crippen LogP contribution in [0.2, 0.25) is 0 Å². The van der Waals surface area contributed by atoms with Crippen LogP contribution < -0.4 is 0 Å². The lowest BCUT2D eigenvalue weighted by molar-refractivity contribution is -0.151. The van der Waals surface area contributed by atoms with Gasteiger partial charge in [0.2, 0.25) is 0 Å². The van der Waals surface area contributed by atoms with Gasteiger partial charge >= 0.3 is 0 Å². The van der Waals surface area contributed by atoms with Crippen LogP contribution in [-0.4, -0.2) is 34.6 Å². The lowest BCUT2D eigenvalue weighted by Crippen LogP contribution is -2.53. The van der Waals surface area contributed by atoms with E-state index in [9.17, 15) is 4.79 Å². The second-order valence-electron chi connectivity index (χ2n) is 4.23. The van der Waals surface area contributed by atoms with Crippen molar-refractivity contribution in [3.63, 3.8) is 0 Å². The molecule has 3 nitrogen and oxygen atoms in total. The molecule has 0 bridgehead atoms. The summed E-state index contributed by atoms with van der Waals surface area (Å²) in [7, 11) is 0. The van der Waals surface area contributed by atoms with Gasteiger partial charge in [-0.3, -0.25) is 9.80 Å². The van der Waals surface area contributed by atoms with Crippen LogP contribution >= 0.6 is 0 Å². The Morgan fingerprint density at radius 1 is 1.27 bits per heavy atom. The molecule has 0 aliphatic rings. The maximum atomic E-state index is 11.7. The van der Waals surface area contributed by atoms with Gasteiger partial charge in [0.1, 0.15) is 0 Å². The zero-order chi connectivity index (χ0) is 12.0. The largest absolute Gasteiger partial charge is 0.271 e. The van der Waals surface area contributed by atoms with E-state index in [1.54, 1.807) is 5.01 Å². The van der Waals surface area contributed by atoms with Gasteiger partial charge in [-0.1, -0.05) is 13.5 Å². The third-order valence-corrected chi connectivity index (χ3v) is 2.20. The van der Waals surface area contributed by atoms with Gasteiger partial charge in [-0.15, -0.1) is 0 Å². The molecule has 0 saturated carbocycles. The molecule has 0 radical (unpaired) electrons. The first-order valence-electron chi connectivity index (χ1n) is 5.67. The number of carbonyl (C=O) groups excluding carboxylic acids is 1. The average molecular weight is 212 g/mol. The van der Waals surface area contributed by atoms with E-state index in [2.05, 4.69) is 46.2 Å². The number of hydrogen-bond donors (Lipinski definition) is 0. The molecule has 1 amide bonds. The van der Waals surface area contributed by atoms with E-state index in [1.165, 1.54) is 6.08 Å². The maximum absolute atomic E-state index is 11.7. The Hall–Kier alpha value is -0.830. The minimum Gasteiger partial charge on any atom is -0.271 e. The van der Waals surface area contributed by atoms with Gasteiger partial charge in [-0.25, -0.2) is 5.01 Å². The summed E-state index contributed by atoms with van der Waals surface area (Å²) in [6, 6.07) is 0.640. The molecular formula is C12H24N2O. The predicted molar refractivity (Wildman–Crippen MR) is 64.3 cm³/mol. The number of nitrogens with zero attached hydrogens (tertiary/aromatic N) is 2. The lowest BCUT2D eigenvalue weighted by atomic mass is 10.2. The first-order chi connectivity index (χ1) is 6.95. The Balaban J connectivity index is 4.82. The molecule has 0 spiro atoms. The number of carbonyl (C=O) groups is 1. The van der Waals surface area contributed by atoms with Crippen molar-refractivity contribution >= 4 is 5.91 Å². The number of hydrogen-bond acceptors (Lipinski definition) is 2. The summed E-state index contributed by atoms with van der Waals surface area (Å²) >= 11 is 0. The van der Waals surface area contributed by atoms with Crippen molar-refractivity contribution < 1.29 is 4.79 Å². The average Bonchev–Trinajstić information content (AvgIpc) is 2.14. The van der Waals surface area contributed by atoms with Crippen LogP contribution in [0.1, 0.15) is 41.0 Å². The number of amides is 1. The van der Waals surface area contributed by atoms with Crippen LogP contribution in [0.5, 0.6) is 0 Å². The molecule has 0 atom stereocenters. The van der Waals surface area contributed by atoms with Crippen molar-refractivity contribution in [3.8, 4) is 0 Å². The van der Waals surface area contributed by atoms with Crippen molar-refractivity contribution in [2.24, 2.45) is 0 Å². The van der Waals surface area contributed by atoms with Gasteiger partial charge in [0, 0.05) is 18.6 Å². The van der Waals surface area contributed by atoms with Crippen LogP contribution in [0.25, 0.3) is 0 Å². The predicted octanol–water partition coefficient (Wildman–Crippen LogP) is 2.44. The Kier molecular flexibility index (Phi) is 6.25. The molecule has 0 unspecified atom stereocenters. The number of hydrazine groups is 1. The Morgan fingerprint density at radius 3 is 2.00 bits per heavy atom. The van der Waals surface area contributed by atoms with E-state index in [-0.39, 0.29) is 5.91 Å². The third kappa shape index (κ3) is 4.04. The van der Waals surface area contributed by atoms with Crippen molar-refractivity contribution in [2.45, 2.75) is 53.1 Å². The molecule has 0 fully saturated rings. The van der Waals surface area contributed by atoms with E-state index in [1.807, 2.05) is 0 Å². The first-order valence-corrected chi connectivity index (χ1v) is 5.67. The smallest absolute Gasteiger partial charge is 0.260 e. The Morgan fingerprint density at radius 2 is 1.73 bits per heavy atom. The number of rotatable bonds is 6. The molecule has 0 saturated heterocycles. The summed E-state index contributed by atoms with van der Waals surface area (Å²) in [6.45, 7) is 14.8. The summed E-state index contributed by atoms with van der Waals surface area (Å²) in [4.78, 5) is 11.7. The zero-order valence-electron chi connectivity index (χ0n) is 10.7. The van der Waals surface area contributed by atoms with Gasteiger partial charge in [-0.05, 0) is 40.2 Å². The molecular weight excluding hydrogens is 188 g/mol. The fraction of sp³-hybridized carbons (Fsp3) is 0.750. The SMILES string of the molecule is C=CC(=O)N(CCC)N(C(C)C)C(C)C. The molecule has 0 heterocycles. The summed E-state index contributed by atoms with van der Waals surface area (Å²) < 4.78 is 0. The standard InChI is InChI=1S/C12H24N2O/c1-7-9-13(12(15)8-2)14(10(3)4)11(5)6/h8,10-11H,2,7,9H2,1,3-6H3. The first kappa shape index (κ1) is 14.2. The van der Waals surface area contributed by atoms with Gasteiger partial charge in [-0.2, -0.15) is 0 Å². The monoisotopic (exact) mass is 212 g/mol. The molecule has 88 valence electrons. The van der Waals surface area contributed by atoms with Crippen LogP contribution in [0.15, 0.2) is 12.7 Å². The van der Waals surface area contributed by atoms with E-state index in [0.717, 1.165) is 13.0 Å². The summed E-state index contributed by atoms with van der Waals surface area (Å²) in [5.41, 5.74) is 0. The molecule has 15 heavy (non-hydrogen) atoms. The molecule has 0 aliphatic carbocycles. The zero-order valence-corrected chi connectivity index (χ0v) is 10.7. The van der Waals surface area contributed by atoms with E-state index in [0.29, 0.717) is 12.1 Å². The van der Waals surface area contributed by atoms with Gasteiger partial charge in [0.15, 0.2) is 0 Å². The third-order valence-electron chi connectivity index (χ3n) is 2.20. The molecule has 0 aromatic rings. The topological polar surface area (TPSA) is 23.6 Å². The minimum absolute atomic E-state index is 0.0146. The van der Waals surface area contributed by atoms with Crippen molar-refractivity contribution in [2.75, 3.05) is 6.54 Å². The van der Waals surface area contributed by atoms with Crippen LogP contribution in [0, 0.1) is 0 Å². The Bertz CT molecular complexity index is 204. The highest BCUT2D eigenvalue weighted by Crippen LogP contribution is 2.11. The summed E-state index contributed by atoms with van der Waals surface area (Å²) in [6.07, 6.45) is 2.34. The van der Waals surface area contributed by atoms with E-state index >= 15 is 0 Å². The minimum atomic E-state index is -0.0146. The fourth-order valence-corrected chi connectivity index (χ4v) is 1.81. The molecule has 3 heteroatoms. The highest BCUT2D eigenvalue weighted by molar-refractivity contribution is 5.86. The highest BCUT2D eigenvalue weighted by Gasteiger charge is 2.23. The van der Waals surface area contributed by atoms with Gasteiger partial charge < -0.3 is 0 Å². The second kappa shape index (κ2) is 6.62. The van der Waals surface area contributed by atoms with Crippen molar-refractivity contribution in [1.82, 2.24) is 10.0 Å². The molecule has 0 N–H and O–H groups in total. The quantitative estimate of drug-likeness (QED) is 0.499. The summed E-state index contributed by atoms with van der Waals surface area (Å²) in [5, 5.41) is 3.90. The van der Waals surface area contributed by atoms with Crippen LogP contribution in [-0.2, 0) is 4.79 Å². The summed E-state index contributed by atoms with van der Waals surface area (Å²) in [5.74, 6) is -0.0146. The molecule has 0 aliphatic heterocycles. The second-order valence-corrected chi connectivity index (χ2v) is 4.23. The van der Waals surface area contributed by atoms with Gasteiger partial charge in [0.05, 0.1) is 0 Å². The van der Waals surface area contributed by atoms with Gasteiger partial charge in [0.25, 0.3) is 5.91 Å². The molecule has 0 aromatic heterocycles. The van der Waals surface area contributed by atoms with E-state index in [4.69, 9.17) is 0 Å². The van der Waals surface area contributed by atoms with Crippen molar-refractivity contribution in [1.29, 1.82) is 0 Å². The molecule has 0 aromatic carbocycles. The highest BCUT2D eigenvalue weighted by atomic mass is 16.2. The lowest BCUT2D eigenvalue weighted by Gasteiger charge is -2.40. The Labute approximate surface area is 93.7 Å². The van der Waals surface area contributed by atoms with Crippen LogP contribution in [0.3, 0.4) is 0 Å². The molecule has 0 rings (SSSR count).